The number of rotatable bonds is 4. The van der Waals surface area contributed by atoms with Gasteiger partial charge in [-0.05, 0) is 44.9 Å². The third kappa shape index (κ3) is 6.17. The molecule has 0 aliphatic carbocycles. The third-order valence-corrected chi connectivity index (χ3v) is 3.17. The predicted octanol–water partition coefficient (Wildman–Crippen LogP) is 3.63. The molecule has 0 atom stereocenters. The lowest BCUT2D eigenvalue weighted by atomic mass is 10.1. The fourth-order valence-corrected chi connectivity index (χ4v) is 1.89. The van der Waals surface area contributed by atoms with Crippen molar-refractivity contribution in [3.8, 4) is 0 Å². The third-order valence-electron chi connectivity index (χ3n) is 2.74. The molecule has 0 heterocycles. The predicted molar refractivity (Wildman–Crippen MR) is 83.8 cm³/mol. The van der Waals surface area contributed by atoms with Crippen molar-refractivity contribution in [2.24, 2.45) is 0 Å². The van der Waals surface area contributed by atoms with Crippen LogP contribution in [-0.2, 0) is 16.0 Å². The molecule has 0 aliphatic rings. The van der Waals surface area contributed by atoms with Crippen molar-refractivity contribution in [3.63, 3.8) is 0 Å². The molecule has 116 valence electrons. The summed E-state index contributed by atoms with van der Waals surface area (Å²) in [5, 5.41) is 0.678. The highest BCUT2D eigenvalue weighted by molar-refractivity contribution is 6.31. The molecule has 21 heavy (non-hydrogen) atoms. The molecule has 1 amide bonds. The van der Waals surface area contributed by atoms with Crippen molar-refractivity contribution in [1.29, 1.82) is 0 Å². The van der Waals surface area contributed by atoms with Gasteiger partial charge in [-0.15, -0.1) is 0 Å². The number of benzene rings is 1. The van der Waals surface area contributed by atoms with Crippen molar-refractivity contribution in [2.75, 3.05) is 13.6 Å². The second kappa shape index (κ2) is 6.94. The summed E-state index contributed by atoms with van der Waals surface area (Å²) in [6, 6.07) is 5.48. The van der Waals surface area contributed by atoms with Crippen molar-refractivity contribution in [2.45, 2.75) is 39.7 Å². The fourth-order valence-electron chi connectivity index (χ4n) is 1.77. The van der Waals surface area contributed by atoms with Crippen molar-refractivity contribution in [3.05, 3.63) is 34.3 Å². The molecule has 5 heteroatoms. The summed E-state index contributed by atoms with van der Waals surface area (Å²) in [5.41, 5.74) is 1.25. The zero-order valence-electron chi connectivity index (χ0n) is 13.2. The minimum Gasteiger partial charge on any atom is -0.444 e. The normalized spacial score (nSPS) is 11.1. The van der Waals surface area contributed by atoms with E-state index in [1.807, 2.05) is 19.1 Å². The van der Waals surface area contributed by atoms with E-state index in [-0.39, 0.29) is 18.7 Å². The van der Waals surface area contributed by atoms with Crippen molar-refractivity contribution >= 4 is 23.5 Å². The van der Waals surface area contributed by atoms with E-state index in [0.717, 1.165) is 11.1 Å². The molecule has 0 fully saturated rings. The lowest BCUT2D eigenvalue weighted by Crippen LogP contribution is -2.37. The van der Waals surface area contributed by atoms with Crippen LogP contribution in [0.2, 0.25) is 5.02 Å². The van der Waals surface area contributed by atoms with Crippen LogP contribution in [0.5, 0.6) is 0 Å². The molecule has 4 nitrogen and oxygen atoms in total. The summed E-state index contributed by atoms with van der Waals surface area (Å²) >= 11 is 5.95. The number of halogens is 1. The van der Waals surface area contributed by atoms with Gasteiger partial charge in [-0.25, -0.2) is 4.79 Å². The topological polar surface area (TPSA) is 46.6 Å². The van der Waals surface area contributed by atoms with E-state index in [0.29, 0.717) is 5.02 Å². The number of carbonyl (C=O) groups excluding carboxylic acids is 2. The van der Waals surface area contributed by atoms with Crippen LogP contribution >= 0.6 is 11.6 Å². The minimum atomic E-state index is -0.568. The SMILES string of the molecule is Cc1cc(CC(=O)CN(C)C(=O)OC(C)(C)C)ccc1Cl. The quantitative estimate of drug-likeness (QED) is 0.853. The first kappa shape index (κ1) is 17.5. The molecule has 0 bridgehead atoms. The number of hydrogen-bond acceptors (Lipinski definition) is 3. The Morgan fingerprint density at radius 3 is 2.43 bits per heavy atom. The first-order valence-electron chi connectivity index (χ1n) is 6.79. The van der Waals surface area contributed by atoms with Crippen LogP contribution in [0.15, 0.2) is 18.2 Å². The second-order valence-electron chi connectivity index (χ2n) is 6.14. The number of hydrogen-bond donors (Lipinski definition) is 0. The molecule has 0 unspecified atom stereocenters. The number of Topliss-reactive ketones (excluding diaryl/α,β-unsaturated/α-hetero) is 1. The molecule has 0 aliphatic heterocycles. The van der Waals surface area contributed by atoms with E-state index in [9.17, 15) is 9.59 Å². The minimum absolute atomic E-state index is 0.0244. The Kier molecular flexibility index (Phi) is 5.78. The molecular formula is C16H22ClNO3. The van der Waals surface area contributed by atoms with Gasteiger partial charge in [0.2, 0.25) is 0 Å². The number of nitrogens with zero attached hydrogens (tertiary/aromatic N) is 1. The van der Waals surface area contributed by atoms with Crippen LogP contribution in [0.1, 0.15) is 31.9 Å². The maximum atomic E-state index is 12.0. The molecule has 1 aromatic carbocycles. The monoisotopic (exact) mass is 311 g/mol. The zero-order chi connectivity index (χ0) is 16.2. The van der Waals surface area contributed by atoms with Crippen LogP contribution in [0.25, 0.3) is 0 Å². The highest BCUT2D eigenvalue weighted by atomic mass is 35.5. The number of likely N-dealkylation sites (N-methyl/N-ethyl adjacent to an activating group) is 1. The van der Waals surface area contributed by atoms with Crippen LogP contribution < -0.4 is 0 Å². The summed E-state index contributed by atoms with van der Waals surface area (Å²) in [4.78, 5) is 25.1. The van der Waals surface area contributed by atoms with Gasteiger partial charge in [-0.1, -0.05) is 23.7 Å². The largest absolute Gasteiger partial charge is 0.444 e. The first-order valence-corrected chi connectivity index (χ1v) is 7.17. The van der Waals surface area contributed by atoms with Crippen LogP contribution in [0.3, 0.4) is 0 Å². The molecule has 1 rings (SSSR count). The Morgan fingerprint density at radius 1 is 1.29 bits per heavy atom. The summed E-state index contributed by atoms with van der Waals surface area (Å²) in [5.74, 6) is -0.0509. The van der Waals surface area contributed by atoms with Gasteiger partial charge in [0.25, 0.3) is 0 Å². The Bertz CT molecular complexity index is 535. The fraction of sp³-hybridized carbons (Fsp3) is 0.500. The van der Waals surface area contributed by atoms with Crippen LogP contribution in [0.4, 0.5) is 4.79 Å². The number of amides is 1. The van der Waals surface area contributed by atoms with E-state index < -0.39 is 11.7 Å². The number of ether oxygens (including phenoxy) is 1. The summed E-state index contributed by atoms with van der Waals surface area (Å²) in [6.45, 7) is 7.28. The lowest BCUT2D eigenvalue weighted by molar-refractivity contribution is -0.119. The molecular weight excluding hydrogens is 290 g/mol. The summed E-state index contributed by atoms with van der Waals surface area (Å²) in [6.07, 6.45) is -0.228. The first-order chi connectivity index (χ1) is 9.58. The molecule has 1 aromatic rings. The highest BCUT2D eigenvalue weighted by Crippen LogP contribution is 2.17. The van der Waals surface area contributed by atoms with Gasteiger partial charge < -0.3 is 9.64 Å². The van der Waals surface area contributed by atoms with Crippen molar-refractivity contribution < 1.29 is 14.3 Å². The average Bonchev–Trinajstić information content (AvgIpc) is 2.31. The molecule has 0 aromatic heterocycles. The molecule has 0 spiro atoms. The second-order valence-corrected chi connectivity index (χ2v) is 6.54. The van der Waals surface area contributed by atoms with Crippen LogP contribution in [0, 0.1) is 6.92 Å². The van der Waals surface area contributed by atoms with E-state index in [1.54, 1.807) is 33.9 Å². The average molecular weight is 312 g/mol. The maximum Gasteiger partial charge on any atom is 0.410 e. The van der Waals surface area contributed by atoms with Gasteiger partial charge in [0, 0.05) is 18.5 Å². The van der Waals surface area contributed by atoms with Gasteiger partial charge in [0.05, 0.1) is 6.54 Å². The van der Waals surface area contributed by atoms with Crippen molar-refractivity contribution in [1.82, 2.24) is 4.90 Å². The molecule has 0 N–H and O–H groups in total. The van der Waals surface area contributed by atoms with Crippen LogP contribution in [-0.4, -0.2) is 36.0 Å². The standard InChI is InChI=1S/C16H22ClNO3/c1-11-8-12(6-7-14(11)17)9-13(19)10-18(5)15(20)21-16(2,3)4/h6-8H,9-10H2,1-5H3. The summed E-state index contributed by atoms with van der Waals surface area (Å²) in [7, 11) is 1.55. The molecule has 0 radical (unpaired) electrons. The number of ketones is 1. The Balaban J connectivity index is 2.57. The van der Waals surface area contributed by atoms with E-state index >= 15 is 0 Å². The number of aryl methyl sites for hydroxylation is 1. The van der Waals surface area contributed by atoms with Gasteiger partial charge in [-0.2, -0.15) is 0 Å². The van der Waals surface area contributed by atoms with Gasteiger partial charge >= 0.3 is 6.09 Å². The Morgan fingerprint density at radius 2 is 1.90 bits per heavy atom. The van der Waals surface area contributed by atoms with Gasteiger partial charge in [0.15, 0.2) is 5.78 Å². The molecule has 0 saturated carbocycles. The Labute approximate surface area is 131 Å². The maximum absolute atomic E-state index is 12.0. The van der Waals surface area contributed by atoms with E-state index in [4.69, 9.17) is 16.3 Å². The number of carbonyl (C=O) groups is 2. The Hall–Kier alpha value is -1.55. The van der Waals surface area contributed by atoms with E-state index in [2.05, 4.69) is 0 Å². The van der Waals surface area contributed by atoms with Gasteiger partial charge in [0.1, 0.15) is 5.60 Å². The highest BCUT2D eigenvalue weighted by Gasteiger charge is 2.21. The summed E-state index contributed by atoms with van der Waals surface area (Å²) < 4.78 is 5.20. The van der Waals surface area contributed by atoms with Gasteiger partial charge in [-0.3, -0.25) is 4.79 Å². The molecule has 0 saturated heterocycles. The zero-order valence-corrected chi connectivity index (χ0v) is 14.0. The smallest absolute Gasteiger partial charge is 0.410 e. The van der Waals surface area contributed by atoms with E-state index in [1.165, 1.54) is 4.90 Å². The lowest BCUT2D eigenvalue weighted by Gasteiger charge is -2.24.